The maximum absolute atomic E-state index is 12.1. The SMILES string of the molecule is CC(C)(C)[Si](C)(C)OC/C=C/c1cn(COCC[Si](C)(C)C)c(=O)c(N)n1. The zero-order valence-corrected chi connectivity index (χ0v) is 20.3. The molecule has 0 aromatic carbocycles. The smallest absolute Gasteiger partial charge is 0.294 e. The molecule has 0 radical (unpaired) electrons. The lowest BCUT2D eigenvalue weighted by Crippen LogP contribution is -2.40. The van der Waals surface area contributed by atoms with Gasteiger partial charge in [0.15, 0.2) is 14.1 Å². The van der Waals surface area contributed by atoms with E-state index in [4.69, 9.17) is 14.9 Å². The first-order valence-corrected chi connectivity index (χ1v) is 16.1. The lowest BCUT2D eigenvalue weighted by molar-refractivity contribution is 0.0847. The number of anilines is 1. The lowest BCUT2D eigenvalue weighted by Gasteiger charge is -2.35. The Morgan fingerprint density at radius 2 is 1.85 bits per heavy atom. The molecule has 0 saturated carbocycles. The summed E-state index contributed by atoms with van der Waals surface area (Å²) in [6, 6.07) is 1.06. The summed E-state index contributed by atoms with van der Waals surface area (Å²) in [6.45, 7) is 19.3. The van der Waals surface area contributed by atoms with Gasteiger partial charge in [-0.1, -0.05) is 46.5 Å². The fourth-order valence-electron chi connectivity index (χ4n) is 1.94. The van der Waals surface area contributed by atoms with Crippen molar-refractivity contribution in [3.63, 3.8) is 0 Å². The van der Waals surface area contributed by atoms with E-state index in [0.29, 0.717) is 18.9 Å². The number of nitrogens with two attached hydrogens (primary N) is 1. The molecule has 1 heterocycles. The Hall–Kier alpha value is -1.23. The van der Waals surface area contributed by atoms with Crippen LogP contribution in [0.3, 0.4) is 0 Å². The Balaban J connectivity index is 2.71. The van der Waals surface area contributed by atoms with Crippen LogP contribution in [0.2, 0.25) is 43.8 Å². The van der Waals surface area contributed by atoms with Gasteiger partial charge in [-0.25, -0.2) is 4.98 Å². The minimum atomic E-state index is -1.78. The summed E-state index contributed by atoms with van der Waals surface area (Å²) in [6.07, 6.45) is 5.43. The van der Waals surface area contributed by atoms with Gasteiger partial charge in [-0.05, 0) is 30.3 Å². The van der Waals surface area contributed by atoms with Gasteiger partial charge in [0.05, 0.1) is 12.3 Å². The highest BCUT2D eigenvalue weighted by Gasteiger charge is 2.36. The lowest BCUT2D eigenvalue weighted by atomic mass is 10.2. The second kappa shape index (κ2) is 9.31. The van der Waals surface area contributed by atoms with Gasteiger partial charge in [-0.3, -0.25) is 9.36 Å². The molecular weight excluding hydrogens is 374 g/mol. The number of rotatable bonds is 9. The Bertz CT molecular complexity index is 702. The first-order valence-electron chi connectivity index (χ1n) is 9.48. The van der Waals surface area contributed by atoms with Crippen LogP contribution in [-0.4, -0.2) is 39.2 Å². The van der Waals surface area contributed by atoms with Crippen molar-refractivity contribution in [1.82, 2.24) is 9.55 Å². The van der Waals surface area contributed by atoms with Crippen molar-refractivity contribution in [3.05, 3.63) is 28.3 Å². The molecule has 1 rings (SSSR count). The molecule has 0 unspecified atom stereocenters. The van der Waals surface area contributed by atoms with Crippen LogP contribution in [0.4, 0.5) is 5.82 Å². The fourth-order valence-corrected chi connectivity index (χ4v) is 3.64. The summed E-state index contributed by atoms with van der Waals surface area (Å²) >= 11 is 0. The van der Waals surface area contributed by atoms with Crippen molar-refractivity contribution in [3.8, 4) is 0 Å². The van der Waals surface area contributed by atoms with Crippen LogP contribution in [0.25, 0.3) is 6.08 Å². The average Bonchev–Trinajstić information content (AvgIpc) is 2.50. The fraction of sp³-hybridized carbons (Fsp3) is 0.684. The standard InChI is InChI=1S/C19H37N3O3Si2/c1-19(2,3)27(7,8)25-11-9-10-16-14-22(18(23)17(20)21-16)15-24-12-13-26(4,5)6/h9-10,14H,11-13,15H2,1-8H3,(H2,20,21)/b10-9+. The zero-order valence-electron chi connectivity index (χ0n) is 18.3. The van der Waals surface area contributed by atoms with E-state index in [9.17, 15) is 4.79 Å². The van der Waals surface area contributed by atoms with Crippen molar-refractivity contribution >= 4 is 28.3 Å². The molecule has 1 aromatic heterocycles. The molecule has 0 spiro atoms. The first kappa shape index (κ1) is 23.8. The van der Waals surface area contributed by atoms with Gasteiger partial charge in [0.1, 0.15) is 6.73 Å². The topological polar surface area (TPSA) is 79.4 Å². The summed E-state index contributed by atoms with van der Waals surface area (Å²) in [5.41, 5.74) is 6.08. The zero-order chi connectivity index (χ0) is 20.9. The van der Waals surface area contributed by atoms with E-state index in [2.05, 4.69) is 58.5 Å². The van der Waals surface area contributed by atoms with Crippen molar-refractivity contribution in [2.75, 3.05) is 18.9 Å². The second-order valence-corrected chi connectivity index (χ2v) is 20.1. The van der Waals surface area contributed by atoms with E-state index in [-0.39, 0.29) is 23.1 Å². The molecule has 154 valence electrons. The minimum Gasteiger partial charge on any atom is -0.413 e. The number of aromatic nitrogens is 2. The normalized spacial score (nSPS) is 13.5. The quantitative estimate of drug-likeness (QED) is 0.487. The molecule has 0 aliphatic rings. The molecule has 0 amide bonds. The molecule has 0 aliphatic heterocycles. The van der Waals surface area contributed by atoms with Gasteiger partial charge in [0.25, 0.3) is 5.56 Å². The summed E-state index contributed by atoms with van der Waals surface area (Å²) in [5.74, 6) is -0.0174. The second-order valence-electron chi connectivity index (χ2n) is 9.65. The Morgan fingerprint density at radius 3 is 2.41 bits per heavy atom. The maximum atomic E-state index is 12.1. The average molecular weight is 412 g/mol. The van der Waals surface area contributed by atoms with Crippen LogP contribution in [0.15, 0.2) is 17.1 Å². The van der Waals surface area contributed by atoms with E-state index < -0.39 is 16.4 Å². The third-order valence-corrected chi connectivity index (χ3v) is 11.1. The number of hydrogen-bond donors (Lipinski definition) is 1. The van der Waals surface area contributed by atoms with E-state index in [0.717, 1.165) is 6.04 Å². The molecule has 0 saturated heterocycles. The molecule has 27 heavy (non-hydrogen) atoms. The third-order valence-electron chi connectivity index (χ3n) is 4.88. The molecule has 0 aliphatic carbocycles. The third kappa shape index (κ3) is 8.12. The Kier molecular flexibility index (Phi) is 8.21. The highest BCUT2D eigenvalue weighted by atomic mass is 28.4. The summed E-state index contributed by atoms with van der Waals surface area (Å²) in [5, 5.41) is 0.171. The van der Waals surface area contributed by atoms with Gasteiger partial charge in [0, 0.05) is 20.9 Å². The largest absolute Gasteiger partial charge is 0.413 e. The van der Waals surface area contributed by atoms with Crippen molar-refractivity contribution in [1.29, 1.82) is 0 Å². The van der Waals surface area contributed by atoms with Crippen LogP contribution < -0.4 is 11.3 Å². The van der Waals surface area contributed by atoms with Crippen LogP contribution in [0.5, 0.6) is 0 Å². The molecular formula is C19H37N3O3Si2. The molecule has 2 N–H and O–H groups in total. The van der Waals surface area contributed by atoms with E-state index in [1.54, 1.807) is 6.20 Å². The van der Waals surface area contributed by atoms with E-state index >= 15 is 0 Å². The van der Waals surface area contributed by atoms with Crippen molar-refractivity contribution < 1.29 is 9.16 Å². The van der Waals surface area contributed by atoms with Gasteiger partial charge in [-0.2, -0.15) is 0 Å². The Labute approximate surface area is 165 Å². The number of ether oxygens (including phenoxy) is 1. The van der Waals surface area contributed by atoms with Gasteiger partial charge in [0.2, 0.25) is 0 Å². The van der Waals surface area contributed by atoms with Crippen molar-refractivity contribution in [2.24, 2.45) is 0 Å². The molecule has 0 bridgehead atoms. The summed E-state index contributed by atoms with van der Waals surface area (Å²) < 4.78 is 13.3. The van der Waals surface area contributed by atoms with Crippen LogP contribution in [-0.2, 0) is 15.9 Å². The highest BCUT2D eigenvalue weighted by Crippen LogP contribution is 2.36. The summed E-state index contributed by atoms with van der Waals surface area (Å²) in [4.78, 5) is 16.3. The van der Waals surface area contributed by atoms with Crippen LogP contribution in [0, 0.1) is 0 Å². The van der Waals surface area contributed by atoms with E-state index in [1.165, 1.54) is 4.57 Å². The van der Waals surface area contributed by atoms with Gasteiger partial charge < -0.3 is 14.9 Å². The monoisotopic (exact) mass is 411 g/mol. The van der Waals surface area contributed by atoms with E-state index in [1.807, 2.05) is 12.2 Å². The number of hydrogen-bond acceptors (Lipinski definition) is 5. The van der Waals surface area contributed by atoms with Crippen molar-refractivity contribution in [2.45, 2.75) is 71.3 Å². The Morgan fingerprint density at radius 1 is 1.22 bits per heavy atom. The molecule has 0 fully saturated rings. The van der Waals surface area contributed by atoms with Crippen LogP contribution in [0.1, 0.15) is 26.5 Å². The van der Waals surface area contributed by atoms with Gasteiger partial charge in [-0.15, -0.1) is 0 Å². The maximum Gasteiger partial charge on any atom is 0.294 e. The predicted octanol–water partition coefficient (Wildman–Crippen LogP) is 4.17. The molecule has 1 aromatic rings. The molecule has 6 nitrogen and oxygen atoms in total. The number of nitrogens with zero attached hydrogens (tertiary/aromatic N) is 2. The molecule has 8 heteroatoms. The van der Waals surface area contributed by atoms with Crippen LogP contribution >= 0.6 is 0 Å². The van der Waals surface area contributed by atoms with Gasteiger partial charge >= 0.3 is 0 Å². The summed E-state index contributed by atoms with van der Waals surface area (Å²) in [7, 11) is -2.93. The highest BCUT2D eigenvalue weighted by molar-refractivity contribution is 6.76. The minimum absolute atomic E-state index is 0.0174. The molecule has 0 atom stereocenters. The predicted molar refractivity (Wildman–Crippen MR) is 119 cm³/mol. The first-order chi connectivity index (χ1) is 12.2. The number of nitrogen functional groups attached to an aromatic ring is 1.